The van der Waals surface area contributed by atoms with Crippen LogP contribution < -0.4 is 10.6 Å². The maximum atomic E-state index is 12.6. The fourth-order valence-corrected chi connectivity index (χ4v) is 2.93. The van der Waals surface area contributed by atoms with Crippen LogP contribution in [-0.4, -0.2) is 33.4 Å². The number of nitrogen functional groups attached to an aromatic ring is 1. The molecule has 4 nitrogen and oxygen atoms in total. The summed E-state index contributed by atoms with van der Waals surface area (Å²) in [6.45, 7) is -1.13. The molecule has 0 bridgehead atoms. The SMILES string of the molecule is CS(=O)(=O)c1cccc(N(CC(F)(F)F)C2CC2)c1N. The highest BCUT2D eigenvalue weighted by Gasteiger charge is 2.39. The molecule has 0 spiro atoms. The smallest absolute Gasteiger partial charge is 0.396 e. The van der Waals surface area contributed by atoms with Gasteiger partial charge in [0.25, 0.3) is 0 Å². The average Bonchev–Trinajstić information content (AvgIpc) is 3.07. The van der Waals surface area contributed by atoms with Gasteiger partial charge >= 0.3 is 6.18 Å². The molecule has 0 atom stereocenters. The summed E-state index contributed by atoms with van der Waals surface area (Å²) in [6.07, 6.45) is -2.08. The molecule has 0 heterocycles. The van der Waals surface area contributed by atoms with Crippen molar-refractivity contribution >= 4 is 21.2 Å². The van der Waals surface area contributed by atoms with Gasteiger partial charge in [0.15, 0.2) is 9.84 Å². The van der Waals surface area contributed by atoms with Crippen LogP contribution in [0.3, 0.4) is 0 Å². The number of nitrogens with zero attached hydrogens (tertiary/aromatic N) is 1. The van der Waals surface area contributed by atoms with Crippen LogP contribution in [-0.2, 0) is 9.84 Å². The second kappa shape index (κ2) is 4.83. The van der Waals surface area contributed by atoms with Crippen molar-refractivity contribution in [3.05, 3.63) is 18.2 Å². The summed E-state index contributed by atoms with van der Waals surface area (Å²) >= 11 is 0. The van der Waals surface area contributed by atoms with Gasteiger partial charge in [0.1, 0.15) is 6.54 Å². The third-order valence-electron chi connectivity index (χ3n) is 3.09. The van der Waals surface area contributed by atoms with Gasteiger partial charge in [-0.3, -0.25) is 0 Å². The molecule has 1 fully saturated rings. The van der Waals surface area contributed by atoms with E-state index in [1.165, 1.54) is 18.2 Å². The molecule has 0 radical (unpaired) electrons. The van der Waals surface area contributed by atoms with Crippen LogP contribution in [0.25, 0.3) is 0 Å². The Morgan fingerprint density at radius 3 is 2.40 bits per heavy atom. The molecule has 0 amide bonds. The van der Waals surface area contributed by atoms with Gasteiger partial charge < -0.3 is 10.6 Å². The number of para-hydroxylation sites is 1. The average molecular weight is 308 g/mol. The zero-order valence-electron chi connectivity index (χ0n) is 10.8. The molecule has 1 aromatic carbocycles. The van der Waals surface area contributed by atoms with Gasteiger partial charge in [-0.05, 0) is 25.0 Å². The lowest BCUT2D eigenvalue weighted by Gasteiger charge is -2.27. The standard InChI is InChI=1S/C12H15F3N2O2S/c1-20(18,19)10-4-2-3-9(11(10)16)17(8-5-6-8)7-12(13,14)15/h2-4,8H,5-7,16H2,1H3. The van der Waals surface area contributed by atoms with E-state index in [1.54, 1.807) is 0 Å². The van der Waals surface area contributed by atoms with Crippen LogP contribution in [0.2, 0.25) is 0 Å². The number of rotatable bonds is 4. The zero-order chi connectivity index (χ0) is 15.1. The molecule has 1 aliphatic carbocycles. The molecular formula is C12H15F3N2O2S. The molecule has 0 aliphatic heterocycles. The quantitative estimate of drug-likeness (QED) is 0.866. The van der Waals surface area contributed by atoms with E-state index >= 15 is 0 Å². The Hall–Kier alpha value is -1.44. The van der Waals surface area contributed by atoms with Crippen molar-refractivity contribution in [3.8, 4) is 0 Å². The van der Waals surface area contributed by atoms with E-state index in [-0.39, 0.29) is 22.3 Å². The van der Waals surface area contributed by atoms with E-state index in [0.29, 0.717) is 12.8 Å². The van der Waals surface area contributed by atoms with E-state index in [0.717, 1.165) is 11.2 Å². The summed E-state index contributed by atoms with van der Waals surface area (Å²) in [5, 5.41) is 0. The summed E-state index contributed by atoms with van der Waals surface area (Å²) in [7, 11) is -3.57. The summed E-state index contributed by atoms with van der Waals surface area (Å²) < 4.78 is 61.1. The lowest BCUT2D eigenvalue weighted by atomic mass is 10.2. The molecule has 1 saturated carbocycles. The van der Waals surface area contributed by atoms with Gasteiger partial charge in [-0.15, -0.1) is 0 Å². The van der Waals surface area contributed by atoms with Crippen molar-refractivity contribution < 1.29 is 21.6 Å². The van der Waals surface area contributed by atoms with Gasteiger partial charge in [-0.25, -0.2) is 8.42 Å². The molecular weight excluding hydrogens is 293 g/mol. The molecule has 112 valence electrons. The molecule has 1 aliphatic rings. The predicted molar refractivity (Wildman–Crippen MR) is 70.4 cm³/mol. The number of hydrogen-bond donors (Lipinski definition) is 1. The van der Waals surface area contributed by atoms with Gasteiger partial charge in [-0.1, -0.05) is 6.07 Å². The van der Waals surface area contributed by atoms with Gasteiger partial charge in [-0.2, -0.15) is 13.2 Å². The van der Waals surface area contributed by atoms with Crippen molar-refractivity contribution in [1.82, 2.24) is 0 Å². The normalized spacial score (nSPS) is 16.2. The molecule has 0 saturated heterocycles. The van der Waals surface area contributed by atoms with Crippen LogP contribution >= 0.6 is 0 Å². The van der Waals surface area contributed by atoms with Gasteiger partial charge in [0, 0.05) is 12.3 Å². The van der Waals surface area contributed by atoms with Crippen LogP contribution in [0.1, 0.15) is 12.8 Å². The Kier molecular flexibility index (Phi) is 3.62. The van der Waals surface area contributed by atoms with Crippen LogP contribution in [0, 0.1) is 0 Å². The second-order valence-corrected chi connectivity index (χ2v) is 6.92. The minimum Gasteiger partial charge on any atom is -0.396 e. The highest BCUT2D eigenvalue weighted by molar-refractivity contribution is 7.90. The number of sulfone groups is 1. The first kappa shape index (κ1) is 15.0. The summed E-state index contributed by atoms with van der Waals surface area (Å²) in [5.41, 5.74) is 5.78. The molecule has 0 unspecified atom stereocenters. The fraction of sp³-hybridized carbons (Fsp3) is 0.500. The Bertz CT molecular complexity index is 610. The third-order valence-corrected chi connectivity index (χ3v) is 4.24. The number of anilines is 2. The van der Waals surface area contributed by atoms with E-state index < -0.39 is 22.6 Å². The Balaban J connectivity index is 2.44. The van der Waals surface area contributed by atoms with E-state index in [1.807, 2.05) is 0 Å². The monoisotopic (exact) mass is 308 g/mol. The van der Waals surface area contributed by atoms with Crippen molar-refractivity contribution in [1.29, 1.82) is 0 Å². The minimum absolute atomic E-state index is 0.119. The first-order valence-electron chi connectivity index (χ1n) is 6.01. The third kappa shape index (κ3) is 3.36. The first-order chi connectivity index (χ1) is 9.09. The maximum absolute atomic E-state index is 12.6. The molecule has 8 heteroatoms. The lowest BCUT2D eigenvalue weighted by Crippen LogP contribution is -2.36. The van der Waals surface area contributed by atoms with Crippen LogP contribution in [0.5, 0.6) is 0 Å². The number of alkyl halides is 3. The number of benzene rings is 1. The number of nitrogens with two attached hydrogens (primary N) is 1. The Labute approximate surface area is 115 Å². The Morgan fingerprint density at radius 2 is 1.95 bits per heavy atom. The maximum Gasteiger partial charge on any atom is 0.405 e. The van der Waals surface area contributed by atoms with Crippen molar-refractivity contribution in [2.75, 3.05) is 23.4 Å². The van der Waals surface area contributed by atoms with Crippen molar-refractivity contribution in [3.63, 3.8) is 0 Å². The highest BCUT2D eigenvalue weighted by atomic mass is 32.2. The molecule has 1 aromatic rings. The van der Waals surface area contributed by atoms with E-state index in [2.05, 4.69) is 0 Å². The Morgan fingerprint density at radius 1 is 1.35 bits per heavy atom. The second-order valence-electron chi connectivity index (χ2n) is 4.94. The highest BCUT2D eigenvalue weighted by Crippen LogP contribution is 2.39. The summed E-state index contributed by atoms with van der Waals surface area (Å²) in [5.74, 6) is 0. The fourth-order valence-electron chi connectivity index (χ4n) is 2.10. The molecule has 20 heavy (non-hydrogen) atoms. The topological polar surface area (TPSA) is 63.4 Å². The van der Waals surface area contributed by atoms with Crippen molar-refractivity contribution in [2.45, 2.75) is 30.0 Å². The lowest BCUT2D eigenvalue weighted by molar-refractivity contribution is -0.119. The molecule has 2 N–H and O–H groups in total. The predicted octanol–water partition coefficient (Wildman–Crippen LogP) is 2.20. The number of hydrogen-bond acceptors (Lipinski definition) is 4. The zero-order valence-corrected chi connectivity index (χ0v) is 11.6. The van der Waals surface area contributed by atoms with Gasteiger partial charge in [0.05, 0.1) is 16.3 Å². The number of halogens is 3. The molecule has 2 rings (SSSR count). The van der Waals surface area contributed by atoms with Crippen LogP contribution in [0.15, 0.2) is 23.1 Å². The first-order valence-corrected chi connectivity index (χ1v) is 7.90. The molecule has 0 aromatic heterocycles. The largest absolute Gasteiger partial charge is 0.405 e. The van der Waals surface area contributed by atoms with Crippen molar-refractivity contribution in [2.24, 2.45) is 0 Å². The van der Waals surface area contributed by atoms with Gasteiger partial charge in [0.2, 0.25) is 0 Å². The van der Waals surface area contributed by atoms with E-state index in [4.69, 9.17) is 5.73 Å². The van der Waals surface area contributed by atoms with E-state index in [9.17, 15) is 21.6 Å². The summed E-state index contributed by atoms with van der Waals surface area (Å²) in [4.78, 5) is 1.01. The summed E-state index contributed by atoms with van der Waals surface area (Å²) in [6, 6.07) is 3.91. The van der Waals surface area contributed by atoms with Crippen LogP contribution in [0.4, 0.5) is 24.5 Å². The minimum atomic E-state index is -4.36.